The van der Waals surface area contributed by atoms with Crippen LogP contribution in [0.15, 0.2) is 42.3 Å². The number of carbonyl (C=O) groups is 10. The standard InChI is InChI=1S/C63H97N9O14S/c1-11-14-15-19-28-71(49(40(4)5)32-50(86-42(7)73)58-69-48(39-87-58)57(80)68-45(33-62(8,9)61(83)84)30-44-23-25-46(74)26-24-44)59(81)56(41(6)12-2)70-60(82)63(10)27-20-29-72(63)55(79)37-67-53(77)35-65-51(75)34-64-52(76)36-66-54(78)38-85-47-22-18-16-17-21-43(13-3)31-47/h13,23-26,39-41,43,45,47,49-50,56,74H,3,11-12,14-22,27-38H2,1-2,4-10H3,(H,64,76)(H,65,75)(H,66,78)(H,67,77)(H,68,80)(H,70,82)(H,83,84)/t41-,43?,45-,47?,49+,50+,56-,63+/m0/s1. The number of carbonyl (C=O) groups excluding carboxylic acids is 9. The van der Waals surface area contributed by atoms with E-state index in [0.29, 0.717) is 36.7 Å². The molecule has 1 aliphatic heterocycles. The fourth-order valence-electron chi connectivity index (χ4n) is 11.0. The number of aliphatic carboxylic acids is 1. The molecule has 2 aromatic rings. The van der Waals surface area contributed by atoms with Gasteiger partial charge in [0.05, 0.1) is 37.7 Å². The molecule has 1 aliphatic carbocycles. The van der Waals surface area contributed by atoms with Gasteiger partial charge >= 0.3 is 11.9 Å². The number of phenolic OH excluding ortho intramolecular Hbond substituents is 1. The third kappa shape index (κ3) is 23.6. The first-order valence-corrected chi connectivity index (χ1v) is 31.8. The molecule has 87 heavy (non-hydrogen) atoms. The molecule has 0 radical (unpaired) electrons. The Kier molecular flexibility index (Phi) is 29.8. The van der Waals surface area contributed by atoms with Gasteiger partial charge in [0, 0.05) is 43.9 Å². The maximum Gasteiger partial charge on any atom is 0.309 e. The lowest BCUT2D eigenvalue weighted by Crippen LogP contribution is -2.62. The van der Waals surface area contributed by atoms with Crippen LogP contribution in [0.25, 0.3) is 0 Å². The molecule has 8 atom stereocenters. The number of esters is 1. The summed E-state index contributed by atoms with van der Waals surface area (Å²) in [4.78, 5) is 141. The number of thiazole rings is 1. The summed E-state index contributed by atoms with van der Waals surface area (Å²) in [6.45, 7) is 18.1. The molecule has 0 spiro atoms. The minimum Gasteiger partial charge on any atom is -0.508 e. The number of nitrogens with zero attached hydrogens (tertiary/aromatic N) is 3. The Morgan fingerprint density at radius 2 is 1.49 bits per heavy atom. The van der Waals surface area contributed by atoms with E-state index in [1.165, 1.54) is 29.3 Å². The number of carboxylic acid groups (broad SMARTS) is 1. The predicted molar refractivity (Wildman–Crippen MR) is 329 cm³/mol. The molecule has 1 aromatic heterocycles. The van der Waals surface area contributed by atoms with E-state index < -0.39 is 108 Å². The van der Waals surface area contributed by atoms with Gasteiger partial charge in [-0.1, -0.05) is 97.8 Å². The number of nitrogens with one attached hydrogen (secondary N) is 6. The van der Waals surface area contributed by atoms with Gasteiger partial charge in [-0.3, -0.25) is 47.9 Å². The largest absolute Gasteiger partial charge is 0.508 e. The minimum absolute atomic E-state index is 0.0210. The first-order valence-electron chi connectivity index (χ1n) is 30.9. The fourth-order valence-corrected chi connectivity index (χ4v) is 11.8. The van der Waals surface area contributed by atoms with Crippen LogP contribution in [-0.2, 0) is 59.0 Å². The van der Waals surface area contributed by atoms with Gasteiger partial charge in [-0.25, -0.2) is 4.98 Å². The van der Waals surface area contributed by atoms with Gasteiger partial charge in [-0.05, 0) is 108 Å². The fraction of sp³-hybridized carbons (Fsp3) is 0.667. The Labute approximate surface area is 517 Å². The molecule has 24 heteroatoms. The van der Waals surface area contributed by atoms with E-state index in [4.69, 9.17) is 9.47 Å². The number of benzene rings is 1. The summed E-state index contributed by atoms with van der Waals surface area (Å²) in [5, 5.41) is 37.4. The summed E-state index contributed by atoms with van der Waals surface area (Å²) < 4.78 is 11.8. The lowest BCUT2D eigenvalue weighted by molar-refractivity contribution is -0.150. The van der Waals surface area contributed by atoms with Crippen molar-refractivity contribution >= 4 is 70.5 Å². The summed E-state index contributed by atoms with van der Waals surface area (Å²) in [5.74, 6) is -6.41. The summed E-state index contributed by atoms with van der Waals surface area (Å²) in [6.07, 6.45) is 11.7. The molecular formula is C63H97N9O14S. The van der Waals surface area contributed by atoms with Crippen LogP contribution in [-0.4, -0.2) is 160 Å². The molecule has 23 nitrogen and oxygen atoms in total. The number of aromatic nitrogens is 1. The molecule has 1 saturated carbocycles. The Balaban J connectivity index is 1.41. The smallest absolute Gasteiger partial charge is 0.309 e. The average Bonchev–Trinajstić information content (AvgIpc) is 1.95. The summed E-state index contributed by atoms with van der Waals surface area (Å²) in [6, 6.07) is 4.13. The molecule has 8 N–H and O–H groups in total. The zero-order valence-corrected chi connectivity index (χ0v) is 53.4. The van der Waals surface area contributed by atoms with Crippen molar-refractivity contribution in [3.63, 3.8) is 0 Å². The van der Waals surface area contributed by atoms with Gasteiger partial charge in [0.2, 0.25) is 41.4 Å². The molecule has 0 bridgehead atoms. The Morgan fingerprint density at radius 1 is 0.862 bits per heavy atom. The molecule has 2 unspecified atom stereocenters. The van der Waals surface area contributed by atoms with Crippen molar-refractivity contribution < 1.29 is 67.6 Å². The van der Waals surface area contributed by atoms with Crippen molar-refractivity contribution in [1.82, 2.24) is 46.7 Å². The zero-order valence-electron chi connectivity index (χ0n) is 52.6. The van der Waals surface area contributed by atoms with Crippen LogP contribution in [0.5, 0.6) is 5.75 Å². The Bertz CT molecular complexity index is 2650. The normalized spacial score (nSPS) is 18.7. The molecule has 484 valence electrons. The number of hydrogen-bond donors (Lipinski definition) is 8. The second kappa shape index (κ2) is 35.8. The van der Waals surface area contributed by atoms with Gasteiger partial charge in [0.25, 0.3) is 5.91 Å². The second-order valence-electron chi connectivity index (χ2n) is 24.4. The number of likely N-dealkylation sites (tertiary alicyclic amines) is 1. The molecule has 2 aliphatic rings. The first-order chi connectivity index (χ1) is 41.2. The third-order valence-corrected chi connectivity index (χ3v) is 17.4. The number of aromatic hydroxyl groups is 1. The van der Waals surface area contributed by atoms with Crippen LogP contribution < -0.4 is 31.9 Å². The highest BCUT2D eigenvalue weighted by molar-refractivity contribution is 7.09. The number of phenols is 1. The SMILES string of the molecule is C=CC1CCCCCC(OCC(=O)NCC(=O)NCC(=O)NCC(=O)NCC(=O)N2CCC[C@]2(C)C(=O)N[C@H](C(=O)N(CCCCCC)[C@H](C[C@@H](OC(C)=O)c2nc(C(=O)N[C@@H](Cc3ccc(O)cc3)CC(C)(C)C(=O)O)cs2)C(C)C)[C@@H](C)CC)C1. The molecular weight excluding hydrogens is 1140 g/mol. The van der Waals surface area contributed by atoms with Crippen molar-refractivity contribution in [2.24, 2.45) is 23.2 Å². The van der Waals surface area contributed by atoms with Gasteiger partial charge in [-0.15, -0.1) is 17.9 Å². The quantitative estimate of drug-likeness (QED) is 0.0222. The third-order valence-electron chi connectivity index (χ3n) is 16.5. The van der Waals surface area contributed by atoms with E-state index in [1.54, 1.807) is 37.8 Å². The van der Waals surface area contributed by atoms with Crippen LogP contribution in [0.3, 0.4) is 0 Å². The first kappa shape index (κ1) is 72.5. The second-order valence-corrected chi connectivity index (χ2v) is 25.3. The maximum absolute atomic E-state index is 15.4. The lowest BCUT2D eigenvalue weighted by Gasteiger charge is -2.41. The number of ether oxygens (including phenoxy) is 2. The molecule has 1 saturated heterocycles. The van der Waals surface area contributed by atoms with E-state index >= 15 is 4.79 Å². The minimum atomic E-state index is -1.41. The number of allylic oxidation sites excluding steroid dienone is 1. The predicted octanol–water partition coefficient (Wildman–Crippen LogP) is 6.04. The van der Waals surface area contributed by atoms with Gasteiger partial charge in [0.1, 0.15) is 34.6 Å². The molecule has 8 amide bonds. The highest BCUT2D eigenvalue weighted by Gasteiger charge is 2.48. The number of amides is 8. The van der Waals surface area contributed by atoms with Gasteiger partial charge in [0.15, 0.2) is 6.10 Å². The monoisotopic (exact) mass is 1240 g/mol. The number of hydrogen-bond acceptors (Lipinski definition) is 15. The lowest BCUT2D eigenvalue weighted by atomic mass is 9.84. The topological polar surface area (TPSA) is 321 Å². The number of unbranched alkanes of at least 4 members (excludes halogenated alkanes) is 3. The molecule has 2 heterocycles. The van der Waals surface area contributed by atoms with E-state index in [1.807, 2.05) is 33.8 Å². The van der Waals surface area contributed by atoms with Gasteiger partial charge in [-0.2, -0.15) is 0 Å². The van der Waals surface area contributed by atoms with Crippen LogP contribution in [0, 0.1) is 23.2 Å². The van der Waals surface area contributed by atoms with Crippen LogP contribution in [0.2, 0.25) is 0 Å². The van der Waals surface area contributed by atoms with Crippen molar-refractivity contribution in [1.29, 1.82) is 0 Å². The van der Waals surface area contributed by atoms with E-state index in [2.05, 4.69) is 50.4 Å². The highest BCUT2D eigenvalue weighted by atomic mass is 32.1. The molecule has 4 rings (SSSR count). The highest BCUT2D eigenvalue weighted by Crippen LogP contribution is 2.34. The number of carboxylic acids is 1. The van der Waals surface area contributed by atoms with Crippen molar-refractivity contribution in [3.05, 3.63) is 58.6 Å². The van der Waals surface area contributed by atoms with E-state index in [0.717, 1.165) is 74.7 Å². The Hall–Kier alpha value is -6.95. The average molecular weight is 1240 g/mol. The number of rotatable bonds is 35. The zero-order chi connectivity index (χ0) is 64.4. The molecule has 2 fully saturated rings. The Morgan fingerprint density at radius 3 is 2.09 bits per heavy atom. The van der Waals surface area contributed by atoms with Crippen LogP contribution in [0.4, 0.5) is 0 Å². The van der Waals surface area contributed by atoms with Crippen molar-refractivity contribution in [2.45, 2.75) is 201 Å². The van der Waals surface area contributed by atoms with Gasteiger partial charge < -0.3 is 61.4 Å². The van der Waals surface area contributed by atoms with Crippen LogP contribution >= 0.6 is 11.3 Å². The summed E-state index contributed by atoms with van der Waals surface area (Å²) in [5.41, 5.74) is -1.84. The summed E-state index contributed by atoms with van der Waals surface area (Å²) in [7, 11) is 0. The van der Waals surface area contributed by atoms with E-state index in [9.17, 15) is 53.4 Å². The maximum atomic E-state index is 15.4. The van der Waals surface area contributed by atoms with Crippen LogP contribution in [0.1, 0.15) is 186 Å². The van der Waals surface area contributed by atoms with Crippen molar-refractivity contribution in [2.75, 3.05) is 45.9 Å². The van der Waals surface area contributed by atoms with Crippen molar-refractivity contribution in [3.8, 4) is 5.75 Å². The van der Waals surface area contributed by atoms with E-state index in [-0.39, 0.29) is 80.7 Å². The summed E-state index contributed by atoms with van der Waals surface area (Å²) >= 11 is 1.10. The molecule has 1 aromatic carbocycles.